The van der Waals surface area contributed by atoms with E-state index in [0.717, 1.165) is 25.7 Å². The van der Waals surface area contributed by atoms with Crippen molar-refractivity contribution in [3.8, 4) is 0 Å². The van der Waals surface area contributed by atoms with Crippen molar-refractivity contribution >= 4 is 15.9 Å². The highest BCUT2D eigenvalue weighted by atomic mass is 32.2. The smallest absolute Gasteiger partial charge is 0.273 e. The molecule has 0 fully saturated rings. The molecule has 114 valence electrons. The van der Waals surface area contributed by atoms with Crippen molar-refractivity contribution in [2.75, 3.05) is 6.54 Å². The molecule has 0 bridgehead atoms. The second-order valence-corrected chi connectivity index (χ2v) is 6.09. The van der Waals surface area contributed by atoms with Gasteiger partial charge in [-0.1, -0.05) is 33.1 Å². The number of unbranched alkanes of at least 4 members (excludes halogenated alkanes) is 3. The van der Waals surface area contributed by atoms with E-state index < -0.39 is 15.9 Å². The molecule has 1 heterocycles. The van der Waals surface area contributed by atoms with E-state index >= 15 is 0 Å². The molecule has 1 aromatic rings. The molecule has 0 saturated carbocycles. The van der Waals surface area contributed by atoms with E-state index in [1.807, 2.05) is 0 Å². The van der Waals surface area contributed by atoms with Crippen LogP contribution in [0.4, 0.5) is 0 Å². The number of sulfonamides is 1. The van der Waals surface area contributed by atoms with E-state index in [2.05, 4.69) is 22.4 Å². The Balaban J connectivity index is 2.76. The van der Waals surface area contributed by atoms with Crippen LogP contribution in [0.25, 0.3) is 0 Å². The Labute approximate surface area is 119 Å². The molecule has 0 aliphatic carbocycles. The Kier molecular flexibility index (Phi) is 6.15. The summed E-state index contributed by atoms with van der Waals surface area (Å²) in [7, 11) is -3.97. The number of primary sulfonamides is 1. The summed E-state index contributed by atoms with van der Waals surface area (Å²) in [6.45, 7) is 4.36. The van der Waals surface area contributed by atoms with E-state index in [1.165, 1.54) is 0 Å². The predicted molar refractivity (Wildman–Crippen MR) is 75.8 cm³/mol. The molecule has 0 atom stereocenters. The monoisotopic (exact) mass is 302 g/mol. The van der Waals surface area contributed by atoms with Gasteiger partial charge in [-0.15, -0.1) is 0 Å². The molecule has 1 aromatic heterocycles. The van der Waals surface area contributed by atoms with Crippen molar-refractivity contribution in [2.24, 2.45) is 5.14 Å². The summed E-state index contributed by atoms with van der Waals surface area (Å²) in [5, 5.41) is 14.1. The van der Waals surface area contributed by atoms with Crippen LogP contribution in [0.1, 0.15) is 55.7 Å². The van der Waals surface area contributed by atoms with Gasteiger partial charge in [-0.3, -0.25) is 9.89 Å². The van der Waals surface area contributed by atoms with Crippen molar-refractivity contribution in [1.82, 2.24) is 15.5 Å². The number of aromatic amines is 1. The number of nitrogens with one attached hydrogen (secondary N) is 2. The molecule has 1 rings (SSSR count). The predicted octanol–water partition coefficient (Wildman–Crippen LogP) is 0.930. The van der Waals surface area contributed by atoms with Crippen molar-refractivity contribution in [2.45, 2.75) is 50.8 Å². The van der Waals surface area contributed by atoms with Crippen LogP contribution in [-0.4, -0.2) is 31.1 Å². The van der Waals surface area contributed by atoms with Gasteiger partial charge in [0.2, 0.25) is 10.0 Å². The molecule has 0 saturated heterocycles. The summed E-state index contributed by atoms with van der Waals surface area (Å²) in [4.78, 5) is 11.8. The van der Waals surface area contributed by atoms with Crippen LogP contribution >= 0.6 is 0 Å². The van der Waals surface area contributed by atoms with Gasteiger partial charge in [-0.2, -0.15) is 5.10 Å². The number of aromatic nitrogens is 2. The maximum atomic E-state index is 12.0. The molecule has 7 nitrogen and oxygen atoms in total. The fourth-order valence-electron chi connectivity index (χ4n) is 1.91. The number of nitrogens with zero attached hydrogens (tertiary/aromatic N) is 1. The second-order valence-electron chi connectivity index (χ2n) is 4.60. The minimum atomic E-state index is -3.97. The van der Waals surface area contributed by atoms with Gasteiger partial charge < -0.3 is 5.32 Å². The van der Waals surface area contributed by atoms with Crippen LogP contribution in [0.15, 0.2) is 4.90 Å². The average molecular weight is 302 g/mol. The minimum Gasteiger partial charge on any atom is -0.351 e. The molecule has 20 heavy (non-hydrogen) atoms. The van der Waals surface area contributed by atoms with Gasteiger partial charge in [-0.25, -0.2) is 13.6 Å². The SMILES string of the molecule is CCCCCCNC(=O)c1n[nH]c(CC)c1S(N)(=O)=O. The summed E-state index contributed by atoms with van der Waals surface area (Å²) in [6, 6.07) is 0. The fourth-order valence-corrected chi connectivity index (χ4v) is 2.85. The van der Waals surface area contributed by atoms with E-state index in [4.69, 9.17) is 5.14 Å². The first-order chi connectivity index (χ1) is 9.41. The molecule has 0 radical (unpaired) electrons. The van der Waals surface area contributed by atoms with Gasteiger partial charge in [0.15, 0.2) is 5.69 Å². The highest BCUT2D eigenvalue weighted by Crippen LogP contribution is 2.17. The Bertz CT molecular complexity index is 551. The van der Waals surface area contributed by atoms with Gasteiger partial charge in [-0.05, 0) is 12.8 Å². The van der Waals surface area contributed by atoms with E-state index in [0.29, 0.717) is 18.7 Å². The van der Waals surface area contributed by atoms with E-state index in [1.54, 1.807) is 6.92 Å². The summed E-state index contributed by atoms with van der Waals surface area (Å²) in [5.41, 5.74) is 0.198. The number of hydrogen-bond acceptors (Lipinski definition) is 4. The number of hydrogen-bond donors (Lipinski definition) is 3. The number of carbonyl (C=O) groups excluding carboxylic acids is 1. The zero-order chi connectivity index (χ0) is 15.2. The van der Waals surface area contributed by atoms with Gasteiger partial charge in [0, 0.05) is 6.54 Å². The van der Waals surface area contributed by atoms with Crippen LogP contribution < -0.4 is 10.5 Å². The molecule has 0 unspecified atom stereocenters. The molecule has 1 amide bonds. The first kappa shape index (κ1) is 16.6. The van der Waals surface area contributed by atoms with E-state index in [9.17, 15) is 13.2 Å². The molecule has 0 spiro atoms. The molecule has 0 aliphatic rings. The summed E-state index contributed by atoms with van der Waals surface area (Å²) in [6.07, 6.45) is 4.51. The van der Waals surface area contributed by atoms with Crippen LogP contribution in [0.2, 0.25) is 0 Å². The second kappa shape index (κ2) is 7.39. The highest BCUT2D eigenvalue weighted by molar-refractivity contribution is 7.89. The van der Waals surface area contributed by atoms with Crippen molar-refractivity contribution in [1.29, 1.82) is 0 Å². The van der Waals surface area contributed by atoms with Gasteiger partial charge in [0.1, 0.15) is 4.90 Å². The highest BCUT2D eigenvalue weighted by Gasteiger charge is 2.26. The Morgan fingerprint density at radius 3 is 2.55 bits per heavy atom. The van der Waals surface area contributed by atoms with E-state index in [-0.39, 0.29) is 10.6 Å². The van der Waals surface area contributed by atoms with Crippen LogP contribution in [-0.2, 0) is 16.4 Å². The first-order valence-electron chi connectivity index (χ1n) is 6.80. The normalized spacial score (nSPS) is 11.6. The van der Waals surface area contributed by atoms with Crippen LogP contribution in [0.3, 0.4) is 0 Å². The molecule has 0 aromatic carbocycles. The number of rotatable bonds is 8. The lowest BCUT2D eigenvalue weighted by Crippen LogP contribution is -2.27. The number of amides is 1. The molecule has 4 N–H and O–H groups in total. The fraction of sp³-hybridized carbons (Fsp3) is 0.667. The zero-order valence-corrected chi connectivity index (χ0v) is 12.7. The molecule has 8 heteroatoms. The van der Waals surface area contributed by atoms with Crippen molar-refractivity contribution < 1.29 is 13.2 Å². The van der Waals surface area contributed by atoms with Crippen LogP contribution in [0, 0.1) is 0 Å². The summed E-state index contributed by atoms with van der Waals surface area (Å²) in [5.74, 6) is -0.513. The number of aryl methyl sites for hydroxylation is 1. The minimum absolute atomic E-state index is 0.153. The van der Waals surface area contributed by atoms with Crippen molar-refractivity contribution in [3.63, 3.8) is 0 Å². The number of carbonyl (C=O) groups is 1. The standard InChI is InChI=1S/C12H22N4O3S/c1-3-5-6-7-8-14-12(17)10-11(20(13,18)19)9(4-2)15-16-10/h3-8H2,1-2H3,(H,14,17)(H,15,16)(H2,13,18,19). The van der Waals surface area contributed by atoms with Gasteiger partial charge in [0.25, 0.3) is 5.91 Å². The Hall–Kier alpha value is -1.41. The van der Waals surface area contributed by atoms with Crippen molar-refractivity contribution in [3.05, 3.63) is 11.4 Å². The third kappa shape index (κ3) is 4.31. The third-order valence-electron chi connectivity index (χ3n) is 2.96. The Morgan fingerprint density at radius 2 is 2.00 bits per heavy atom. The maximum Gasteiger partial charge on any atom is 0.273 e. The van der Waals surface area contributed by atoms with Crippen LogP contribution in [0.5, 0.6) is 0 Å². The lowest BCUT2D eigenvalue weighted by atomic mass is 10.2. The quantitative estimate of drug-likeness (QED) is 0.619. The van der Waals surface area contributed by atoms with Gasteiger partial charge >= 0.3 is 0 Å². The topological polar surface area (TPSA) is 118 Å². The number of H-pyrrole nitrogens is 1. The number of nitrogens with two attached hydrogens (primary N) is 1. The molecular formula is C12H22N4O3S. The molecule has 0 aliphatic heterocycles. The lowest BCUT2D eigenvalue weighted by Gasteiger charge is -2.05. The third-order valence-corrected chi connectivity index (χ3v) is 3.97. The summed E-state index contributed by atoms with van der Waals surface area (Å²) >= 11 is 0. The maximum absolute atomic E-state index is 12.0. The zero-order valence-electron chi connectivity index (χ0n) is 11.9. The largest absolute Gasteiger partial charge is 0.351 e. The lowest BCUT2D eigenvalue weighted by molar-refractivity contribution is 0.0944. The average Bonchev–Trinajstić information content (AvgIpc) is 2.82. The van der Waals surface area contributed by atoms with Gasteiger partial charge in [0.05, 0.1) is 5.69 Å². The summed E-state index contributed by atoms with van der Waals surface area (Å²) < 4.78 is 23.1. The first-order valence-corrected chi connectivity index (χ1v) is 8.34. The molecular weight excluding hydrogens is 280 g/mol. The Morgan fingerprint density at radius 1 is 1.30 bits per heavy atom.